The maximum Gasteiger partial charge on any atom is 0.146 e. The standard InChI is InChI=1S/C5H7O8/c6-1-4(11,2(7)8)5(12,13)3(9)10/h6,11-12H,1H2,(H,7,8)(H,9,10)/q-1/p-2. The van der Waals surface area contributed by atoms with Gasteiger partial charge in [0.1, 0.15) is 5.60 Å². The van der Waals surface area contributed by atoms with Crippen LogP contribution in [0.4, 0.5) is 0 Å². The zero-order valence-electron chi connectivity index (χ0n) is 6.09. The molecule has 8 nitrogen and oxygen atoms in total. The minimum atomic E-state index is -4.37. The number of aliphatic carboxylic acids is 2. The monoisotopic (exact) mass is 193 g/mol. The SMILES string of the molecule is O=C([O-])C([O-])(O)C(O)(CO)C(=O)[O-]. The van der Waals surface area contributed by atoms with Crippen LogP contribution in [0.2, 0.25) is 0 Å². The summed E-state index contributed by atoms with van der Waals surface area (Å²) in [7, 11) is 0. The number of hydrogen-bond donors (Lipinski definition) is 3. The van der Waals surface area contributed by atoms with Gasteiger partial charge in [0.25, 0.3) is 0 Å². The highest BCUT2D eigenvalue weighted by atomic mass is 16.6. The Bertz CT molecular complexity index is 233. The predicted molar refractivity (Wildman–Crippen MR) is 27.0 cm³/mol. The molecule has 0 aromatic carbocycles. The van der Waals surface area contributed by atoms with Crippen LogP contribution in [0.15, 0.2) is 0 Å². The molecule has 0 fully saturated rings. The molecule has 8 heteroatoms. The molecule has 0 saturated carbocycles. The number of rotatable bonds is 4. The highest BCUT2D eigenvalue weighted by Gasteiger charge is 2.43. The van der Waals surface area contributed by atoms with Crippen LogP contribution < -0.4 is 15.3 Å². The number of carboxylic acid groups (broad SMARTS) is 2. The van der Waals surface area contributed by atoms with Crippen molar-refractivity contribution in [2.45, 2.75) is 11.4 Å². The van der Waals surface area contributed by atoms with E-state index in [1.165, 1.54) is 0 Å². The summed E-state index contributed by atoms with van der Waals surface area (Å²) < 4.78 is 0. The van der Waals surface area contributed by atoms with Gasteiger partial charge in [-0.2, -0.15) is 0 Å². The maximum atomic E-state index is 10.6. The van der Waals surface area contributed by atoms with Crippen LogP contribution in [-0.2, 0) is 9.59 Å². The van der Waals surface area contributed by atoms with Crippen LogP contribution in [0.25, 0.3) is 0 Å². The fourth-order valence-corrected chi connectivity index (χ4v) is 0.479. The summed E-state index contributed by atoms with van der Waals surface area (Å²) in [6, 6.07) is 0. The third-order valence-corrected chi connectivity index (χ3v) is 1.40. The average Bonchev–Trinajstić information content (AvgIpc) is 2.01. The van der Waals surface area contributed by atoms with Crippen molar-refractivity contribution in [1.29, 1.82) is 0 Å². The molecule has 76 valence electrons. The van der Waals surface area contributed by atoms with Gasteiger partial charge in [-0.1, -0.05) is 0 Å². The van der Waals surface area contributed by atoms with E-state index in [-0.39, 0.29) is 0 Å². The molecule has 0 amide bonds. The number of aliphatic hydroxyl groups is 3. The second kappa shape index (κ2) is 3.26. The van der Waals surface area contributed by atoms with Crippen LogP contribution in [0.5, 0.6) is 0 Å². The molecule has 2 unspecified atom stereocenters. The van der Waals surface area contributed by atoms with E-state index in [2.05, 4.69) is 0 Å². The van der Waals surface area contributed by atoms with Crippen molar-refractivity contribution in [2.24, 2.45) is 0 Å². The Morgan fingerprint density at radius 2 is 1.54 bits per heavy atom. The Morgan fingerprint density at radius 1 is 1.15 bits per heavy atom. The number of hydrogen-bond acceptors (Lipinski definition) is 8. The Morgan fingerprint density at radius 3 is 1.62 bits per heavy atom. The van der Waals surface area contributed by atoms with Crippen molar-refractivity contribution >= 4 is 11.9 Å². The minimum Gasteiger partial charge on any atom is -0.822 e. The predicted octanol–water partition coefficient (Wildman–Crippen LogP) is -6.74. The van der Waals surface area contributed by atoms with Crippen LogP contribution in [0, 0.1) is 0 Å². The first-order valence-corrected chi connectivity index (χ1v) is 2.89. The highest BCUT2D eigenvalue weighted by Crippen LogP contribution is 2.15. The normalized spacial score (nSPS) is 20.0. The molecule has 0 rings (SSSR count). The summed E-state index contributed by atoms with van der Waals surface area (Å²) in [5, 5.41) is 55.8. The van der Waals surface area contributed by atoms with E-state index in [9.17, 15) is 24.9 Å². The molecule has 0 aliphatic carbocycles. The first-order chi connectivity index (χ1) is 5.70. The van der Waals surface area contributed by atoms with Gasteiger partial charge >= 0.3 is 0 Å². The van der Waals surface area contributed by atoms with Gasteiger partial charge in [0, 0.05) is 0 Å². The largest absolute Gasteiger partial charge is 0.822 e. The fourth-order valence-electron chi connectivity index (χ4n) is 0.479. The third kappa shape index (κ3) is 1.60. The van der Waals surface area contributed by atoms with E-state index in [1.54, 1.807) is 0 Å². The van der Waals surface area contributed by atoms with E-state index >= 15 is 0 Å². The molecule has 13 heavy (non-hydrogen) atoms. The Balaban J connectivity index is 5.19. The van der Waals surface area contributed by atoms with Crippen molar-refractivity contribution in [3.05, 3.63) is 0 Å². The van der Waals surface area contributed by atoms with Gasteiger partial charge in [0.2, 0.25) is 0 Å². The van der Waals surface area contributed by atoms with E-state index in [4.69, 9.17) is 15.3 Å². The first kappa shape index (κ1) is 11.8. The van der Waals surface area contributed by atoms with E-state index in [1.807, 2.05) is 0 Å². The maximum absolute atomic E-state index is 10.6. The lowest BCUT2D eigenvalue weighted by molar-refractivity contribution is -0.577. The number of carboxylic acids is 2. The molecule has 0 aromatic heterocycles. The van der Waals surface area contributed by atoms with Crippen LogP contribution >= 0.6 is 0 Å². The quantitative estimate of drug-likeness (QED) is 0.370. The number of carbonyl (C=O) groups is 2. The van der Waals surface area contributed by atoms with Gasteiger partial charge in [-0.05, 0) is 0 Å². The lowest BCUT2D eigenvalue weighted by Gasteiger charge is -2.48. The lowest BCUT2D eigenvalue weighted by Crippen LogP contribution is -2.77. The van der Waals surface area contributed by atoms with Crippen LogP contribution in [0.1, 0.15) is 0 Å². The molecule has 0 saturated heterocycles. The van der Waals surface area contributed by atoms with Crippen molar-refractivity contribution < 1.29 is 40.2 Å². The summed E-state index contributed by atoms with van der Waals surface area (Å²) in [4.78, 5) is 19.9. The highest BCUT2D eigenvalue weighted by molar-refractivity contribution is 5.87. The summed E-state index contributed by atoms with van der Waals surface area (Å²) in [5.74, 6) is -9.77. The summed E-state index contributed by atoms with van der Waals surface area (Å²) in [6.07, 6.45) is 0. The van der Waals surface area contributed by atoms with Crippen LogP contribution in [-0.4, -0.2) is 45.3 Å². The second-order valence-electron chi connectivity index (χ2n) is 2.24. The average molecular weight is 193 g/mol. The Hall–Kier alpha value is -1.22. The molecule has 0 bridgehead atoms. The van der Waals surface area contributed by atoms with Gasteiger partial charge in [-0.3, -0.25) is 0 Å². The van der Waals surface area contributed by atoms with Gasteiger partial charge < -0.3 is 40.2 Å². The molecule has 0 aliphatic heterocycles. The molecule has 0 aromatic rings. The molecule has 3 N–H and O–H groups in total. The fraction of sp³-hybridized carbons (Fsp3) is 0.600. The van der Waals surface area contributed by atoms with E-state index in [0.29, 0.717) is 0 Å². The van der Waals surface area contributed by atoms with Crippen molar-refractivity contribution in [3.8, 4) is 0 Å². The zero-order valence-corrected chi connectivity index (χ0v) is 6.09. The third-order valence-electron chi connectivity index (χ3n) is 1.40. The van der Waals surface area contributed by atoms with Crippen molar-refractivity contribution in [1.82, 2.24) is 0 Å². The lowest BCUT2D eigenvalue weighted by atomic mass is 9.94. The molecule has 2 atom stereocenters. The van der Waals surface area contributed by atoms with E-state index < -0.39 is 29.9 Å². The molecule has 0 spiro atoms. The Kier molecular flexibility index (Phi) is 2.96. The number of carbonyl (C=O) groups excluding carboxylic acids is 2. The minimum absolute atomic E-state index is 1.82. The summed E-state index contributed by atoms with van der Waals surface area (Å²) >= 11 is 0. The van der Waals surface area contributed by atoms with Gasteiger partial charge in [-0.15, -0.1) is 0 Å². The summed E-state index contributed by atoms with van der Waals surface area (Å²) in [6.45, 7) is -1.82. The van der Waals surface area contributed by atoms with Gasteiger partial charge in [0.05, 0.1) is 24.3 Å². The molecule has 0 radical (unpaired) electrons. The van der Waals surface area contributed by atoms with E-state index in [0.717, 1.165) is 0 Å². The first-order valence-electron chi connectivity index (χ1n) is 2.89. The molecular formula is C5H5O8-3. The molecule has 0 heterocycles. The van der Waals surface area contributed by atoms with Crippen LogP contribution in [0.3, 0.4) is 0 Å². The van der Waals surface area contributed by atoms with Crippen molar-refractivity contribution in [3.63, 3.8) is 0 Å². The second-order valence-corrected chi connectivity index (χ2v) is 2.24. The molecule has 0 aliphatic rings. The topological polar surface area (TPSA) is 164 Å². The van der Waals surface area contributed by atoms with Gasteiger partial charge in [-0.25, -0.2) is 0 Å². The summed E-state index contributed by atoms with van der Waals surface area (Å²) in [5.41, 5.74) is -3.84. The number of aliphatic hydroxyl groups excluding tert-OH is 1. The van der Waals surface area contributed by atoms with Crippen molar-refractivity contribution in [2.75, 3.05) is 6.61 Å². The molecular weight excluding hydrogens is 188 g/mol. The smallest absolute Gasteiger partial charge is 0.146 e. The van der Waals surface area contributed by atoms with Gasteiger partial charge in [0.15, 0.2) is 0 Å². The Labute approximate surface area is 71.3 Å². The zero-order chi connectivity index (χ0) is 10.9.